The summed E-state index contributed by atoms with van der Waals surface area (Å²) in [6, 6.07) is -0.240. The number of nitrogens with two attached hydrogens (primary N) is 1. The molecule has 1 rings (SSSR count). The number of carbonyl (C=O) groups is 1. The maximum absolute atomic E-state index is 11.8. The molecule has 3 N–H and O–H groups in total. The second-order valence-corrected chi connectivity index (χ2v) is 4.76. The SMILES string of the molecule is CCCCCCCNC(=O)c1coc(C(N)CC)n1. The van der Waals surface area contributed by atoms with Crippen LogP contribution >= 0.6 is 0 Å². The highest BCUT2D eigenvalue weighted by Crippen LogP contribution is 2.12. The molecule has 1 aromatic heterocycles. The van der Waals surface area contributed by atoms with Gasteiger partial charge >= 0.3 is 0 Å². The Labute approximate surface area is 115 Å². The summed E-state index contributed by atoms with van der Waals surface area (Å²) in [5.41, 5.74) is 6.10. The molecule has 0 spiro atoms. The summed E-state index contributed by atoms with van der Waals surface area (Å²) in [6.07, 6.45) is 7.98. The first kappa shape index (κ1) is 15.7. The third kappa shape index (κ3) is 5.42. The van der Waals surface area contributed by atoms with Gasteiger partial charge in [-0.1, -0.05) is 39.5 Å². The van der Waals surface area contributed by atoms with Gasteiger partial charge in [0, 0.05) is 6.54 Å². The van der Waals surface area contributed by atoms with E-state index in [9.17, 15) is 4.79 Å². The first-order chi connectivity index (χ1) is 9.19. The van der Waals surface area contributed by atoms with Crippen molar-refractivity contribution in [1.82, 2.24) is 10.3 Å². The van der Waals surface area contributed by atoms with Gasteiger partial charge in [-0.3, -0.25) is 4.79 Å². The van der Waals surface area contributed by atoms with Crippen molar-refractivity contribution in [1.29, 1.82) is 0 Å². The molecule has 1 heterocycles. The van der Waals surface area contributed by atoms with Gasteiger partial charge in [-0.2, -0.15) is 0 Å². The van der Waals surface area contributed by atoms with Crippen molar-refractivity contribution in [2.45, 2.75) is 58.4 Å². The first-order valence-electron chi connectivity index (χ1n) is 7.18. The molecule has 1 unspecified atom stereocenters. The summed E-state index contributed by atoms with van der Waals surface area (Å²) >= 11 is 0. The number of oxazole rings is 1. The summed E-state index contributed by atoms with van der Waals surface area (Å²) in [5, 5.41) is 2.84. The lowest BCUT2D eigenvalue weighted by Crippen LogP contribution is -2.25. The molecule has 1 aromatic rings. The number of unbranched alkanes of at least 4 members (excludes halogenated alkanes) is 4. The molecule has 0 aliphatic heterocycles. The van der Waals surface area contributed by atoms with Crippen LogP contribution in [-0.4, -0.2) is 17.4 Å². The van der Waals surface area contributed by atoms with Crippen LogP contribution < -0.4 is 11.1 Å². The van der Waals surface area contributed by atoms with Crippen LogP contribution in [0.4, 0.5) is 0 Å². The van der Waals surface area contributed by atoms with E-state index >= 15 is 0 Å². The molecule has 1 atom stereocenters. The highest BCUT2D eigenvalue weighted by Gasteiger charge is 2.15. The van der Waals surface area contributed by atoms with E-state index in [0.717, 1.165) is 19.3 Å². The zero-order valence-corrected chi connectivity index (χ0v) is 11.9. The van der Waals surface area contributed by atoms with Crippen LogP contribution in [0.5, 0.6) is 0 Å². The summed E-state index contributed by atoms with van der Waals surface area (Å²) in [6.45, 7) is 4.82. The van der Waals surface area contributed by atoms with Gasteiger partial charge in [0.2, 0.25) is 5.89 Å². The first-order valence-corrected chi connectivity index (χ1v) is 7.18. The quantitative estimate of drug-likeness (QED) is 0.674. The number of rotatable bonds is 9. The van der Waals surface area contributed by atoms with Crippen molar-refractivity contribution in [2.75, 3.05) is 6.54 Å². The minimum Gasteiger partial charge on any atom is -0.446 e. The van der Waals surface area contributed by atoms with Crippen molar-refractivity contribution >= 4 is 5.91 Å². The fraction of sp³-hybridized carbons (Fsp3) is 0.714. The van der Waals surface area contributed by atoms with Crippen LogP contribution in [0.3, 0.4) is 0 Å². The summed E-state index contributed by atoms with van der Waals surface area (Å²) < 4.78 is 5.20. The standard InChI is InChI=1S/C14H25N3O2/c1-3-5-6-7-8-9-16-13(18)12-10-19-14(17-12)11(15)4-2/h10-11H,3-9,15H2,1-2H3,(H,16,18). The third-order valence-corrected chi connectivity index (χ3v) is 3.08. The molecular weight excluding hydrogens is 242 g/mol. The molecule has 0 fully saturated rings. The number of aromatic nitrogens is 1. The Hall–Kier alpha value is -1.36. The van der Waals surface area contributed by atoms with E-state index in [1.807, 2.05) is 6.92 Å². The number of nitrogens with zero attached hydrogens (tertiary/aromatic N) is 1. The topological polar surface area (TPSA) is 81.2 Å². The van der Waals surface area contributed by atoms with Crippen molar-refractivity contribution in [2.24, 2.45) is 5.73 Å². The summed E-state index contributed by atoms with van der Waals surface area (Å²) in [5.74, 6) is 0.240. The lowest BCUT2D eigenvalue weighted by atomic mass is 10.1. The smallest absolute Gasteiger partial charge is 0.273 e. The van der Waals surface area contributed by atoms with E-state index in [-0.39, 0.29) is 11.9 Å². The summed E-state index contributed by atoms with van der Waals surface area (Å²) in [4.78, 5) is 15.9. The van der Waals surface area contributed by atoms with Crippen LogP contribution in [0.25, 0.3) is 0 Å². The van der Waals surface area contributed by atoms with Crippen LogP contribution in [0.2, 0.25) is 0 Å². The van der Waals surface area contributed by atoms with E-state index in [0.29, 0.717) is 18.1 Å². The molecule has 19 heavy (non-hydrogen) atoms. The number of amides is 1. The molecule has 0 radical (unpaired) electrons. The lowest BCUT2D eigenvalue weighted by molar-refractivity contribution is 0.0948. The van der Waals surface area contributed by atoms with E-state index in [1.54, 1.807) is 0 Å². The predicted octanol–water partition coefficient (Wildman–Crippen LogP) is 2.78. The highest BCUT2D eigenvalue weighted by molar-refractivity contribution is 5.91. The monoisotopic (exact) mass is 267 g/mol. The minimum atomic E-state index is -0.240. The fourth-order valence-corrected chi connectivity index (χ4v) is 1.76. The van der Waals surface area contributed by atoms with Crippen LogP contribution in [0.1, 0.15) is 74.8 Å². The molecular formula is C14H25N3O2. The van der Waals surface area contributed by atoms with E-state index < -0.39 is 0 Å². The van der Waals surface area contributed by atoms with E-state index in [4.69, 9.17) is 10.2 Å². The van der Waals surface area contributed by atoms with Gasteiger partial charge in [-0.15, -0.1) is 0 Å². The van der Waals surface area contributed by atoms with Crippen molar-refractivity contribution in [3.8, 4) is 0 Å². The average molecular weight is 267 g/mol. The van der Waals surface area contributed by atoms with Crippen molar-refractivity contribution in [3.05, 3.63) is 17.8 Å². The Balaban J connectivity index is 2.27. The molecule has 0 bridgehead atoms. The van der Waals surface area contributed by atoms with Gasteiger partial charge in [0.05, 0.1) is 6.04 Å². The Morgan fingerprint density at radius 2 is 2.11 bits per heavy atom. The normalized spacial score (nSPS) is 12.4. The largest absolute Gasteiger partial charge is 0.446 e. The van der Waals surface area contributed by atoms with Gasteiger partial charge in [-0.25, -0.2) is 4.98 Å². The minimum absolute atomic E-state index is 0.186. The van der Waals surface area contributed by atoms with Crippen LogP contribution in [0.15, 0.2) is 10.7 Å². The maximum Gasteiger partial charge on any atom is 0.273 e. The Bertz CT molecular complexity index is 377. The second-order valence-electron chi connectivity index (χ2n) is 4.76. The second kappa shape index (κ2) is 8.69. The Morgan fingerprint density at radius 1 is 1.37 bits per heavy atom. The summed E-state index contributed by atoms with van der Waals surface area (Å²) in [7, 11) is 0. The van der Waals surface area contributed by atoms with Crippen molar-refractivity contribution in [3.63, 3.8) is 0 Å². The molecule has 0 saturated carbocycles. The number of nitrogens with one attached hydrogen (secondary N) is 1. The van der Waals surface area contributed by atoms with Gasteiger partial charge in [0.15, 0.2) is 5.69 Å². The zero-order valence-electron chi connectivity index (χ0n) is 11.9. The van der Waals surface area contributed by atoms with Crippen LogP contribution in [-0.2, 0) is 0 Å². The van der Waals surface area contributed by atoms with Crippen molar-refractivity contribution < 1.29 is 9.21 Å². The molecule has 1 amide bonds. The maximum atomic E-state index is 11.8. The van der Waals surface area contributed by atoms with Gasteiger partial charge in [-0.05, 0) is 12.8 Å². The predicted molar refractivity (Wildman–Crippen MR) is 74.8 cm³/mol. The van der Waals surface area contributed by atoms with Crippen LogP contribution in [0, 0.1) is 0 Å². The third-order valence-electron chi connectivity index (χ3n) is 3.08. The van der Waals surface area contributed by atoms with Gasteiger partial charge in [0.1, 0.15) is 6.26 Å². The molecule has 0 aromatic carbocycles. The molecule has 108 valence electrons. The lowest BCUT2D eigenvalue weighted by Gasteiger charge is -2.03. The van der Waals surface area contributed by atoms with E-state index in [1.165, 1.54) is 25.5 Å². The van der Waals surface area contributed by atoms with E-state index in [2.05, 4.69) is 17.2 Å². The Morgan fingerprint density at radius 3 is 2.79 bits per heavy atom. The number of carbonyl (C=O) groups excluding carboxylic acids is 1. The molecule has 0 aliphatic rings. The number of hydrogen-bond acceptors (Lipinski definition) is 4. The highest BCUT2D eigenvalue weighted by atomic mass is 16.3. The zero-order chi connectivity index (χ0) is 14.1. The van der Waals surface area contributed by atoms with Gasteiger partial charge < -0.3 is 15.5 Å². The molecule has 5 nitrogen and oxygen atoms in total. The average Bonchev–Trinajstić information content (AvgIpc) is 2.91. The molecule has 5 heteroatoms. The Kier molecular flexibility index (Phi) is 7.18. The number of hydrogen-bond donors (Lipinski definition) is 2. The fourth-order valence-electron chi connectivity index (χ4n) is 1.76. The molecule has 0 aliphatic carbocycles. The van der Waals surface area contributed by atoms with Gasteiger partial charge in [0.25, 0.3) is 5.91 Å². The molecule has 0 saturated heterocycles.